The molecular weight excluding hydrogens is 653 g/mol. The standard InChI is InChI=1S/C25H25ClFN5O2.C6H15N.C4H10.C2H3N.C2H6/c1-16(27)24(33)31-13-11-30(12-14-31)23-18-9-10-32(15-20(18)28-25(29-23)34-2)21-8-4-6-17-5-3-7-19(26)22(17)21;1-4-6-7(3)5-2;1-4(2)3;1-2-3;1-2/h3-8H,1,9-15H2,2H3;4-6H2,1-3H3;4H,1-3H3;1H3;1-2H3. The summed E-state index contributed by atoms with van der Waals surface area (Å²) in [7, 11) is 3.70. The zero-order valence-electron chi connectivity index (χ0n) is 32.0. The summed E-state index contributed by atoms with van der Waals surface area (Å²) >= 11 is 6.57. The molecule has 0 radical (unpaired) electrons. The van der Waals surface area contributed by atoms with Gasteiger partial charge in [-0.25, -0.2) is 4.39 Å². The number of amides is 1. The topological polar surface area (TPSA) is 88.8 Å². The molecule has 50 heavy (non-hydrogen) atoms. The van der Waals surface area contributed by atoms with Crippen LogP contribution in [0.15, 0.2) is 48.8 Å². The van der Waals surface area contributed by atoms with Gasteiger partial charge in [0.1, 0.15) is 5.82 Å². The minimum atomic E-state index is -0.928. The Hall–Kier alpha value is -3.94. The van der Waals surface area contributed by atoms with Crippen LogP contribution in [0, 0.1) is 17.2 Å². The van der Waals surface area contributed by atoms with Gasteiger partial charge in [0.05, 0.1) is 30.4 Å². The van der Waals surface area contributed by atoms with E-state index in [4.69, 9.17) is 21.6 Å². The van der Waals surface area contributed by atoms with E-state index in [1.807, 2.05) is 32.0 Å². The van der Waals surface area contributed by atoms with Gasteiger partial charge >= 0.3 is 6.01 Å². The molecule has 5 rings (SSSR count). The molecule has 0 saturated carbocycles. The van der Waals surface area contributed by atoms with Crippen molar-refractivity contribution < 1.29 is 13.9 Å². The number of carbonyl (C=O) groups is 1. The fourth-order valence-electron chi connectivity index (χ4n) is 5.32. The van der Waals surface area contributed by atoms with Gasteiger partial charge in [0.25, 0.3) is 5.91 Å². The lowest BCUT2D eigenvalue weighted by Gasteiger charge is -2.38. The summed E-state index contributed by atoms with van der Waals surface area (Å²) in [6.45, 7) is 25.1. The first kappa shape index (κ1) is 44.1. The maximum atomic E-state index is 13.3. The van der Waals surface area contributed by atoms with Crippen LogP contribution in [0.2, 0.25) is 5.02 Å². The zero-order chi connectivity index (χ0) is 37.8. The number of nitrogens with zero attached hydrogens (tertiary/aromatic N) is 7. The number of nitriles is 1. The monoisotopic (exact) mass is 711 g/mol. The lowest BCUT2D eigenvalue weighted by atomic mass is 10.0. The maximum Gasteiger partial charge on any atom is 0.318 e. The van der Waals surface area contributed by atoms with E-state index in [9.17, 15) is 9.18 Å². The summed E-state index contributed by atoms with van der Waals surface area (Å²) in [5, 5.41) is 10.2. The SMILES string of the molecule is C=C(F)C(=O)N1CCN(c2nc(OC)nc3c2CCN(c2cccc4cccc(Cl)c24)C3)CC1.CC.CC#N.CC(C)C.CCCN(C)CC. The van der Waals surface area contributed by atoms with Crippen LogP contribution in [0.25, 0.3) is 10.8 Å². The zero-order valence-corrected chi connectivity index (χ0v) is 32.8. The van der Waals surface area contributed by atoms with E-state index in [-0.39, 0.29) is 0 Å². The van der Waals surface area contributed by atoms with E-state index in [0.29, 0.717) is 38.7 Å². The molecule has 0 aliphatic carbocycles. The van der Waals surface area contributed by atoms with Crippen LogP contribution < -0.4 is 14.5 Å². The summed E-state index contributed by atoms with van der Waals surface area (Å²) in [6, 6.07) is 14.2. The molecule has 0 atom stereocenters. The molecule has 0 unspecified atom stereocenters. The Labute approximate surface area is 305 Å². The molecule has 0 N–H and O–H groups in total. The number of aromatic nitrogens is 2. The molecule has 2 aromatic carbocycles. The number of ether oxygens (including phenoxy) is 1. The van der Waals surface area contributed by atoms with Crippen LogP contribution in [-0.2, 0) is 17.8 Å². The number of piperazine rings is 1. The average molecular weight is 712 g/mol. The maximum absolute atomic E-state index is 13.3. The largest absolute Gasteiger partial charge is 0.467 e. The number of benzene rings is 2. The first-order valence-corrected chi connectivity index (χ1v) is 18.0. The molecule has 3 heterocycles. The fourth-order valence-corrected chi connectivity index (χ4v) is 5.60. The van der Waals surface area contributed by atoms with Crippen molar-refractivity contribution in [3.8, 4) is 12.1 Å². The van der Waals surface area contributed by atoms with E-state index in [1.165, 1.54) is 31.3 Å². The molecule has 1 saturated heterocycles. The Morgan fingerprint density at radius 3 is 2.14 bits per heavy atom. The highest BCUT2D eigenvalue weighted by atomic mass is 35.5. The van der Waals surface area contributed by atoms with Gasteiger partial charge < -0.3 is 24.3 Å². The molecule has 276 valence electrons. The number of carbonyl (C=O) groups excluding carboxylic acids is 1. The minimum Gasteiger partial charge on any atom is -0.467 e. The second-order valence-corrected chi connectivity index (χ2v) is 12.7. The van der Waals surface area contributed by atoms with Gasteiger partial charge in [-0.2, -0.15) is 15.2 Å². The summed E-state index contributed by atoms with van der Waals surface area (Å²) < 4.78 is 18.7. The molecule has 1 amide bonds. The minimum absolute atomic E-state index is 0.308. The number of hydrogen-bond acceptors (Lipinski definition) is 8. The highest BCUT2D eigenvalue weighted by Crippen LogP contribution is 2.37. The number of methoxy groups -OCH3 is 1. The van der Waals surface area contributed by atoms with Crippen molar-refractivity contribution >= 4 is 39.8 Å². The first-order valence-electron chi connectivity index (χ1n) is 17.7. The van der Waals surface area contributed by atoms with Gasteiger partial charge in [-0.3, -0.25) is 4.79 Å². The number of hydrogen-bond donors (Lipinski definition) is 0. The number of halogens is 2. The van der Waals surface area contributed by atoms with E-state index < -0.39 is 11.7 Å². The van der Waals surface area contributed by atoms with Crippen LogP contribution in [0.1, 0.15) is 73.1 Å². The second kappa shape index (κ2) is 23.5. The van der Waals surface area contributed by atoms with Crippen molar-refractivity contribution in [3.63, 3.8) is 0 Å². The van der Waals surface area contributed by atoms with Gasteiger partial charge in [0, 0.05) is 56.3 Å². The highest BCUT2D eigenvalue weighted by molar-refractivity contribution is 6.36. The third-order valence-electron chi connectivity index (χ3n) is 7.62. The van der Waals surface area contributed by atoms with Crippen LogP contribution >= 0.6 is 11.6 Å². The van der Waals surface area contributed by atoms with Crippen LogP contribution in [0.5, 0.6) is 6.01 Å². The lowest BCUT2D eigenvalue weighted by molar-refractivity contribution is -0.128. The first-order chi connectivity index (χ1) is 23.9. The summed E-state index contributed by atoms with van der Waals surface area (Å²) in [5.74, 6) is 0.0816. The van der Waals surface area contributed by atoms with Crippen molar-refractivity contribution in [1.29, 1.82) is 5.26 Å². The third-order valence-corrected chi connectivity index (χ3v) is 7.94. The van der Waals surface area contributed by atoms with Gasteiger partial charge in [-0.15, -0.1) is 0 Å². The van der Waals surface area contributed by atoms with Crippen molar-refractivity contribution in [1.82, 2.24) is 19.8 Å². The smallest absolute Gasteiger partial charge is 0.318 e. The molecular formula is C39H59ClFN7O2. The predicted octanol–water partition coefficient (Wildman–Crippen LogP) is 8.55. The van der Waals surface area contributed by atoms with Crippen LogP contribution in [0.4, 0.5) is 15.9 Å². The summed E-state index contributed by atoms with van der Waals surface area (Å²) in [4.78, 5) is 29.5. The van der Waals surface area contributed by atoms with E-state index >= 15 is 0 Å². The third kappa shape index (κ3) is 13.4. The molecule has 2 aliphatic heterocycles. The molecule has 2 aliphatic rings. The summed E-state index contributed by atoms with van der Waals surface area (Å²) in [5.41, 5.74) is 3.07. The van der Waals surface area contributed by atoms with E-state index in [1.54, 1.807) is 13.2 Å². The summed E-state index contributed by atoms with van der Waals surface area (Å²) in [6.07, 6.45) is 2.03. The molecule has 0 bridgehead atoms. The molecule has 1 fully saturated rings. The van der Waals surface area contributed by atoms with Crippen LogP contribution in [0.3, 0.4) is 0 Å². The quantitative estimate of drug-likeness (QED) is 0.225. The Bertz CT molecular complexity index is 1510. The molecule has 0 spiro atoms. The molecule has 9 nitrogen and oxygen atoms in total. The molecule has 1 aromatic heterocycles. The Morgan fingerprint density at radius 1 is 1.06 bits per heavy atom. The molecule has 11 heteroatoms. The van der Waals surface area contributed by atoms with Crippen molar-refractivity contribution in [3.05, 3.63) is 65.1 Å². The Morgan fingerprint density at radius 2 is 1.64 bits per heavy atom. The predicted molar refractivity (Wildman–Crippen MR) is 208 cm³/mol. The fraction of sp³-hybridized carbons (Fsp3) is 0.538. The highest BCUT2D eigenvalue weighted by Gasteiger charge is 2.29. The molecule has 3 aromatic rings. The average Bonchev–Trinajstić information content (AvgIpc) is 3.11. The number of rotatable bonds is 7. The van der Waals surface area contributed by atoms with E-state index in [2.05, 4.69) is 91.1 Å². The number of anilines is 2. The van der Waals surface area contributed by atoms with Crippen molar-refractivity contribution in [2.75, 3.05) is 69.8 Å². The second-order valence-electron chi connectivity index (χ2n) is 12.3. The Kier molecular flexibility index (Phi) is 20.7. The van der Waals surface area contributed by atoms with Gasteiger partial charge in [-0.1, -0.05) is 90.9 Å². The Balaban J connectivity index is 0.000000661. The van der Waals surface area contributed by atoms with Gasteiger partial charge in [0.2, 0.25) is 0 Å². The number of fused-ring (bicyclic) bond motifs is 2. The normalized spacial score (nSPS) is 13.3. The lowest BCUT2D eigenvalue weighted by Crippen LogP contribution is -2.49. The van der Waals surface area contributed by atoms with Crippen molar-refractivity contribution in [2.45, 2.75) is 74.8 Å². The van der Waals surface area contributed by atoms with Gasteiger partial charge in [-0.05, 0) is 56.4 Å². The van der Waals surface area contributed by atoms with Gasteiger partial charge in [0.15, 0.2) is 5.83 Å². The van der Waals surface area contributed by atoms with Crippen LogP contribution in [-0.4, -0.2) is 85.6 Å². The van der Waals surface area contributed by atoms with Crippen molar-refractivity contribution in [2.24, 2.45) is 5.92 Å². The van der Waals surface area contributed by atoms with E-state index in [0.717, 1.165) is 57.4 Å².